The third-order valence-corrected chi connectivity index (χ3v) is 4.23. The van der Waals surface area contributed by atoms with E-state index in [1.807, 2.05) is 13.1 Å². The molecule has 0 amide bonds. The highest BCUT2D eigenvalue weighted by Gasteiger charge is 2.41. The summed E-state index contributed by atoms with van der Waals surface area (Å²) >= 11 is 0. The average Bonchev–Trinajstić information content (AvgIpc) is 2.89. The second-order valence-corrected chi connectivity index (χ2v) is 5.44. The molecular weight excluding hydrogens is 282 g/mol. The molecule has 1 N–H and O–H groups in total. The van der Waals surface area contributed by atoms with E-state index in [1.165, 1.54) is 11.1 Å². The molecule has 2 aromatic carbocycles. The predicted molar refractivity (Wildman–Crippen MR) is 89.6 cm³/mol. The number of hydrogen-bond donors (Lipinski definition) is 1. The van der Waals surface area contributed by atoms with Crippen molar-refractivity contribution in [1.82, 2.24) is 5.32 Å². The molecule has 21 heavy (non-hydrogen) atoms. The molecule has 0 fully saturated rings. The smallest absolute Gasteiger partial charge is 0.123 e. The molecule has 2 aromatic rings. The lowest BCUT2D eigenvalue weighted by molar-refractivity contribution is 0.279. The number of rotatable bonds is 5. The van der Waals surface area contributed by atoms with Crippen molar-refractivity contribution < 1.29 is 4.74 Å². The van der Waals surface area contributed by atoms with Crippen molar-refractivity contribution >= 4 is 12.4 Å². The van der Waals surface area contributed by atoms with Crippen molar-refractivity contribution in [3.8, 4) is 5.75 Å². The van der Waals surface area contributed by atoms with Crippen molar-refractivity contribution in [2.75, 3.05) is 20.2 Å². The van der Waals surface area contributed by atoms with Crippen molar-refractivity contribution in [2.45, 2.75) is 18.3 Å². The maximum atomic E-state index is 5.98. The summed E-state index contributed by atoms with van der Waals surface area (Å²) in [7, 11) is 2.01. The van der Waals surface area contributed by atoms with Crippen molar-refractivity contribution in [2.24, 2.45) is 0 Å². The minimum Gasteiger partial charge on any atom is -0.492 e. The first-order chi connectivity index (χ1) is 9.87. The van der Waals surface area contributed by atoms with Gasteiger partial charge in [-0.05, 0) is 38.1 Å². The van der Waals surface area contributed by atoms with Crippen LogP contribution >= 0.6 is 12.4 Å². The number of ether oxygens (including phenoxy) is 1. The number of para-hydroxylation sites is 1. The molecule has 0 saturated heterocycles. The second-order valence-electron chi connectivity index (χ2n) is 5.44. The summed E-state index contributed by atoms with van der Waals surface area (Å²) in [5, 5.41) is 3.24. The lowest BCUT2D eigenvalue weighted by atomic mass is 9.73. The molecule has 3 rings (SSSR count). The minimum atomic E-state index is 0. The van der Waals surface area contributed by atoms with E-state index in [2.05, 4.69) is 53.8 Å². The van der Waals surface area contributed by atoms with E-state index in [1.54, 1.807) is 0 Å². The Labute approximate surface area is 132 Å². The molecule has 0 aliphatic carbocycles. The first kappa shape index (κ1) is 15.9. The Balaban J connectivity index is 0.00000161. The lowest BCUT2D eigenvalue weighted by Gasteiger charge is -2.29. The van der Waals surface area contributed by atoms with Gasteiger partial charge in [-0.2, -0.15) is 0 Å². The zero-order valence-electron chi connectivity index (χ0n) is 12.3. The molecule has 2 nitrogen and oxygen atoms in total. The Bertz CT molecular complexity index is 572. The highest BCUT2D eigenvalue weighted by atomic mass is 35.5. The summed E-state index contributed by atoms with van der Waals surface area (Å²) in [5.74, 6) is 1.04. The van der Waals surface area contributed by atoms with Gasteiger partial charge >= 0.3 is 0 Å². The van der Waals surface area contributed by atoms with Crippen LogP contribution in [0.3, 0.4) is 0 Å². The van der Waals surface area contributed by atoms with Gasteiger partial charge in [-0.15, -0.1) is 12.4 Å². The summed E-state index contributed by atoms with van der Waals surface area (Å²) < 4.78 is 5.98. The molecule has 0 spiro atoms. The van der Waals surface area contributed by atoms with Gasteiger partial charge in [0, 0.05) is 5.56 Å². The summed E-state index contributed by atoms with van der Waals surface area (Å²) in [6.07, 6.45) is 2.25. The molecule has 0 aromatic heterocycles. The summed E-state index contributed by atoms with van der Waals surface area (Å²) in [6, 6.07) is 19.2. The van der Waals surface area contributed by atoms with E-state index in [0.29, 0.717) is 0 Å². The van der Waals surface area contributed by atoms with Crippen LogP contribution in [-0.4, -0.2) is 20.2 Å². The molecule has 0 bridgehead atoms. The summed E-state index contributed by atoms with van der Waals surface area (Å²) in [5.41, 5.74) is 2.71. The Morgan fingerprint density at radius 2 is 1.76 bits per heavy atom. The van der Waals surface area contributed by atoms with Crippen LogP contribution in [0.5, 0.6) is 5.75 Å². The second kappa shape index (κ2) is 6.97. The molecular formula is C18H22ClNO. The fraction of sp³-hybridized carbons (Fsp3) is 0.333. The Kier molecular flexibility index (Phi) is 5.27. The number of benzene rings is 2. The zero-order valence-corrected chi connectivity index (χ0v) is 13.2. The van der Waals surface area contributed by atoms with Gasteiger partial charge in [-0.1, -0.05) is 48.5 Å². The molecule has 0 saturated carbocycles. The monoisotopic (exact) mass is 303 g/mol. The molecule has 1 aliphatic rings. The van der Waals surface area contributed by atoms with Gasteiger partial charge in [-0.25, -0.2) is 0 Å². The van der Waals surface area contributed by atoms with E-state index in [9.17, 15) is 0 Å². The standard InChI is InChI=1S/C18H21NO.ClH/c1-19-13-7-12-18(15-8-3-2-4-9-15)14-20-17-11-6-5-10-16(17)18;/h2-6,8-11,19H,7,12-14H2,1H3;1H. The van der Waals surface area contributed by atoms with Crippen LogP contribution < -0.4 is 10.1 Å². The SMILES string of the molecule is CNCCCC1(c2ccccc2)COc2ccccc21.Cl. The molecule has 1 unspecified atom stereocenters. The van der Waals surface area contributed by atoms with Gasteiger partial charge in [0.05, 0.1) is 5.41 Å². The molecule has 0 radical (unpaired) electrons. The number of nitrogens with one attached hydrogen (secondary N) is 1. The fourth-order valence-electron chi connectivity index (χ4n) is 3.18. The molecule has 1 aliphatic heterocycles. The van der Waals surface area contributed by atoms with Gasteiger partial charge < -0.3 is 10.1 Å². The molecule has 1 atom stereocenters. The van der Waals surface area contributed by atoms with Crippen molar-refractivity contribution in [3.63, 3.8) is 0 Å². The summed E-state index contributed by atoms with van der Waals surface area (Å²) in [4.78, 5) is 0. The number of halogens is 1. The average molecular weight is 304 g/mol. The quantitative estimate of drug-likeness (QED) is 0.849. The van der Waals surface area contributed by atoms with Crippen LogP contribution in [0.2, 0.25) is 0 Å². The third kappa shape index (κ3) is 2.92. The van der Waals surface area contributed by atoms with Crippen LogP contribution in [0.25, 0.3) is 0 Å². The molecule has 112 valence electrons. The number of fused-ring (bicyclic) bond motifs is 1. The molecule has 3 heteroatoms. The van der Waals surface area contributed by atoms with Gasteiger partial charge in [0.15, 0.2) is 0 Å². The Morgan fingerprint density at radius 1 is 1.05 bits per heavy atom. The first-order valence-electron chi connectivity index (χ1n) is 7.29. The maximum Gasteiger partial charge on any atom is 0.123 e. The van der Waals surface area contributed by atoms with E-state index in [0.717, 1.165) is 31.7 Å². The van der Waals surface area contributed by atoms with Gasteiger partial charge in [0.2, 0.25) is 0 Å². The van der Waals surface area contributed by atoms with Crippen molar-refractivity contribution in [1.29, 1.82) is 0 Å². The topological polar surface area (TPSA) is 21.3 Å². The normalized spacial score (nSPS) is 19.5. The highest BCUT2D eigenvalue weighted by Crippen LogP contribution is 2.46. The van der Waals surface area contributed by atoms with Crippen LogP contribution in [-0.2, 0) is 5.41 Å². The Hall–Kier alpha value is -1.51. The van der Waals surface area contributed by atoms with Crippen LogP contribution in [0.1, 0.15) is 24.0 Å². The van der Waals surface area contributed by atoms with E-state index in [4.69, 9.17) is 4.74 Å². The van der Waals surface area contributed by atoms with Gasteiger partial charge in [-0.3, -0.25) is 0 Å². The van der Waals surface area contributed by atoms with Gasteiger partial charge in [0.1, 0.15) is 12.4 Å². The third-order valence-electron chi connectivity index (χ3n) is 4.23. The van der Waals surface area contributed by atoms with Crippen molar-refractivity contribution in [3.05, 3.63) is 65.7 Å². The van der Waals surface area contributed by atoms with Crippen LogP contribution in [0, 0.1) is 0 Å². The van der Waals surface area contributed by atoms with E-state index >= 15 is 0 Å². The maximum absolute atomic E-state index is 5.98. The lowest BCUT2D eigenvalue weighted by Crippen LogP contribution is -2.30. The van der Waals surface area contributed by atoms with Crippen LogP contribution in [0.15, 0.2) is 54.6 Å². The highest BCUT2D eigenvalue weighted by molar-refractivity contribution is 5.85. The predicted octanol–water partition coefficient (Wildman–Crippen LogP) is 3.79. The van der Waals surface area contributed by atoms with Crippen LogP contribution in [0.4, 0.5) is 0 Å². The van der Waals surface area contributed by atoms with E-state index < -0.39 is 0 Å². The zero-order chi connectivity index (χ0) is 13.8. The Morgan fingerprint density at radius 3 is 2.52 bits per heavy atom. The fourth-order valence-corrected chi connectivity index (χ4v) is 3.18. The largest absolute Gasteiger partial charge is 0.492 e. The molecule has 1 heterocycles. The number of hydrogen-bond acceptors (Lipinski definition) is 2. The summed E-state index contributed by atoms with van der Waals surface area (Å²) in [6.45, 7) is 1.79. The first-order valence-corrected chi connectivity index (χ1v) is 7.29. The van der Waals surface area contributed by atoms with E-state index in [-0.39, 0.29) is 17.8 Å². The van der Waals surface area contributed by atoms with Gasteiger partial charge in [0.25, 0.3) is 0 Å². The minimum absolute atomic E-state index is 0.